The molecule has 2 aliphatic rings. The van der Waals surface area contributed by atoms with E-state index in [1.165, 1.54) is 6.07 Å². The predicted octanol–water partition coefficient (Wildman–Crippen LogP) is 3.40. The highest BCUT2D eigenvalue weighted by Crippen LogP contribution is 2.36. The van der Waals surface area contributed by atoms with Gasteiger partial charge in [-0.2, -0.15) is 5.10 Å². The minimum Gasteiger partial charge on any atom is -0.493 e. The normalized spacial score (nSPS) is 18.7. The van der Waals surface area contributed by atoms with E-state index in [4.69, 9.17) is 14.2 Å². The summed E-state index contributed by atoms with van der Waals surface area (Å²) in [6.07, 6.45) is 2.47. The monoisotopic (exact) mass is 488 g/mol. The molecule has 1 amide bonds. The second-order valence-electron chi connectivity index (χ2n) is 8.19. The minimum absolute atomic E-state index is 0. The van der Waals surface area contributed by atoms with Gasteiger partial charge in [0.05, 0.1) is 24.4 Å². The number of hydrogen-bond donors (Lipinski definition) is 3. The quantitative estimate of drug-likeness (QED) is 0.471. The Morgan fingerprint density at radius 3 is 2.91 bits per heavy atom. The molecule has 1 aromatic heterocycles. The first-order valence-electron chi connectivity index (χ1n) is 11.0. The lowest BCUT2D eigenvalue weighted by molar-refractivity contribution is 0.0946. The summed E-state index contributed by atoms with van der Waals surface area (Å²) >= 11 is 0. The van der Waals surface area contributed by atoms with Crippen LogP contribution < -0.4 is 24.8 Å². The first-order chi connectivity index (χ1) is 16.2. The van der Waals surface area contributed by atoms with Crippen molar-refractivity contribution in [3.05, 3.63) is 71.3 Å². The summed E-state index contributed by atoms with van der Waals surface area (Å²) in [6, 6.07) is 12.1. The SMILES string of the molecule is Cl.O=C(NCc1ccn[nH]1)c1cc([C@@H]2CCNC[C@H]2COc2ccc3c(c2)OCO3)ccc1F. The molecule has 0 saturated carbocycles. The summed E-state index contributed by atoms with van der Waals surface area (Å²) in [5, 5.41) is 12.8. The second kappa shape index (κ2) is 10.8. The number of nitrogens with one attached hydrogen (secondary N) is 3. The number of amides is 1. The van der Waals surface area contributed by atoms with E-state index in [2.05, 4.69) is 20.8 Å². The van der Waals surface area contributed by atoms with E-state index in [1.807, 2.05) is 18.2 Å². The molecule has 1 fully saturated rings. The molecule has 3 N–H and O–H groups in total. The highest BCUT2D eigenvalue weighted by atomic mass is 35.5. The van der Waals surface area contributed by atoms with Crippen LogP contribution in [0.2, 0.25) is 0 Å². The highest BCUT2D eigenvalue weighted by molar-refractivity contribution is 5.94. The van der Waals surface area contributed by atoms with Crippen LogP contribution in [0.15, 0.2) is 48.7 Å². The number of aromatic nitrogens is 2. The van der Waals surface area contributed by atoms with Crippen LogP contribution in [-0.2, 0) is 6.54 Å². The maximum Gasteiger partial charge on any atom is 0.254 e. The van der Waals surface area contributed by atoms with Crippen LogP contribution in [0.4, 0.5) is 4.39 Å². The number of fused-ring (bicyclic) bond motifs is 1. The molecule has 2 atom stereocenters. The van der Waals surface area contributed by atoms with Gasteiger partial charge in [0.15, 0.2) is 11.5 Å². The summed E-state index contributed by atoms with van der Waals surface area (Å²) < 4.78 is 31.3. The van der Waals surface area contributed by atoms with Crippen LogP contribution in [0.1, 0.15) is 34.0 Å². The third-order valence-corrected chi connectivity index (χ3v) is 6.08. The summed E-state index contributed by atoms with van der Waals surface area (Å²) in [6.45, 7) is 2.57. The Labute approximate surface area is 202 Å². The van der Waals surface area contributed by atoms with Gasteiger partial charge in [-0.05, 0) is 54.8 Å². The molecule has 5 rings (SSSR count). The molecule has 0 spiro atoms. The Morgan fingerprint density at radius 1 is 1.18 bits per heavy atom. The van der Waals surface area contributed by atoms with Gasteiger partial charge in [0.1, 0.15) is 11.6 Å². The number of carbonyl (C=O) groups excluding carboxylic acids is 1. The van der Waals surface area contributed by atoms with Crippen molar-refractivity contribution in [3.8, 4) is 17.2 Å². The van der Waals surface area contributed by atoms with E-state index in [1.54, 1.807) is 24.4 Å². The average molecular weight is 489 g/mol. The molecule has 0 unspecified atom stereocenters. The van der Waals surface area contributed by atoms with Gasteiger partial charge in [-0.25, -0.2) is 4.39 Å². The lowest BCUT2D eigenvalue weighted by atomic mass is 9.81. The lowest BCUT2D eigenvalue weighted by Crippen LogP contribution is -2.38. The fourth-order valence-electron chi connectivity index (χ4n) is 4.31. The molecule has 0 radical (unpaired) electrons. The predicted molar refractivity (Wildman–Crippen MR) is 125 cm³/mol. The molecular weight excluding hydrogens is 463 g/mol. The number of H-pyrrole nitrogens is 1. The first-order valence-corrected chi connectivity index (χ1v) is 11.0. The van der Waals surface area contributed by atoms with E-state index in [0.29, 0.717) is 23.9 Å². The van der Waals surface area contributed by atoms with Crippen LogP contribution in [0.5, 0.6) is 17.2 Å². The molecule has 34 heavy (non-hydrogen) atoms. The Balaban J connectivity index is 0.00000274. The molecule has 3 aromatic rings. The summed E-state index contributed by atoms with van der Waals surface area (Å²) in [5.41, 5.74) is 1.73. The first kappa shape index (κ1) is 23.8. The fraction of sp³-hybridized carbons (Fsp3) is 0.333. The van der Waals surface area contributed by atoms with Crippen LogP contribution in [0.3, 0.4) is 0 Å². The zero-order valence-electron chi connectivity index (χ0n) is 18.4. The largest absolute Gasteiger partial charge is 0.493 e. The van der Waals surface area contributed by atoms with Crippen molar-refractivity contribution in [3.63, 3.8) is 0 Å². The van der Waals surface area contributed by atoms with Crippen LogP contribution >= 0.6 is 12.4 Å². The van der Waals surface area contributed by atoms with Crippen molar-refractivity contribution in [1.82, 2.24) is 20.8 Å². The van der Waals surface area contributed by atoms with Crippen LogP contribution in [-0.4, -0.2) is 42.6 Å². The van der Waals surface area contributed by atoms with E-state index >= 15 is 0 Å². The number of piperidine rings is 1. The molecule has 3 heterocycles. The second-order valence-corrected chi connectivity index (χ2v) is 8.19. The van der Waals surface area contributed by atoms with Gasteiger partial charge in [-0.15, -0.1) is 12.4 Å². The molecule has 2 aliphatic heterocycles. The van der Waals surface area contributed by atoms with Gasteiger partial charge in [-0.3, -0.25) is 9.89 Å². The zero-order chi connectivity index (χ0) is 22.6. The molecule has 0 aliphatic carbocycles. The smallest absolute Gasteiger partial charge is 0.254 e. The fourth-order valence-corrected chi connectivity index (χ4v) is 4.31. The number of ether oxygens (including phenoxy) is 3. The van der Waals surface area contributed by atoms with Crippen molar-refractivity contribution in [2.45, 2.75) is 18.9 Å². The number of carbonyl (C=O) groups is 1. The lowest BCUT2D eigenvalue weighted by Gasteiger charge is -2.32. The summed E-state index contributed by atoms with van der Waals surface area (Å²) in [4.78, 5) is 12.6. The van der Waals surface area contributed by atoms with Gasteiger partial charge < -0.3 is 24.8 Å². The van der Waals surface area contributed by atoms with Gasteiger partial charge in [0.2, 0.25) is 6.79 Å². The van der Waals surface area contributed by atoms with E-state index in [-0.39, 0.29) is 43.1 Å². The highest BCUT2D eigenvalue weighted by Gasteiger charge is 2.28. The number of hydrogen-bond acceptors (Lipinski definition) is 6. The van der Waals surface area contributed by atoms with Crippen molar-refractivity contribution in [2.75, 3.05) is 26.5 Å². The topological polar surface area (TPSA) is 97.5 Å². The maximum absolute atomic E-state index is 14.5. The number of benzene rings is 2. The molecule has 10 heteroatoms. The minimum atomic E-state index is -0.539. The third-order valence-electron chi connectivity index (χ3n) is 6.08. The standard InChI is InChI=1S/C24H25FN4O4.ClH/c25-21-3-1-15(9-20(21)24(30)27-12-17-5-8-28-29-17)19-6-7-26-11-16(19)13-31-18-2-4-22-23(10-18)33-14-32-22;/h1-5,8-10,16,19,26H,6-7,11-14H2,(H,27,30)(H,28,29);1H/t16-,19-;/m0./s1. The van der Waals surface area contributed by atoms with Crippen LogP contribution in [0, 0.1) is 11.7 Å². The molecule has 1 saturated heterocycles. The Morgan fingerprint density at radius 2 is 2.06 bits per heavy atom. The molecule has 180 valence electrons. The number of rotatable bonds is 7. The van der Waals surface area contributed by atoms with E-state index in [0.717, 1.165) is 30.8 Å². The Hall–Kier alpha value is -3.30. The van der Waals surface area contributed by atoms with Gasteiger partial charge >= 0.3 is 0 Å². The van der Waals surface area contributed by atoms with E-state index in [9.17, 15) is 9.18 Å². The zero-order valence-corrected chi connectivity index (χ0v) is 19.2. The molecular formula is C24H26ClFN4O4. The van der Waals surface area contributed by atoms with Crippen LogP contribution in [0.25, 0.3) is 0 Å². The Bertz CT molecular complexity index is 1130. The molecule has 8 nitrogen and oxygen atoms in total. The summed E-state index contributed by atoms with van der Waals surface area (Å²) in [5.74, 6) is 1.41. The maximum atomic E-state index is 14.5. The van der Waals surface area contributed by atoms with Crippen molar-refractivity contribution in [1.29, 1.82) is 0 Å². The van der Waals surface area contributed by atoms with Gasteiger partial charge in [0.25, 0.3) is 5.91 Å². The summed E-state index contributed by atoms with van der Waals surface area (Å²) in [7, 11) is 0. The number of halogens is 2. The van der Waals surface area contributed by atoms with Crippen molar-refractivity contribution >= 4 is 18.3 Å². The van der Waals surface area contributed by atoms with Gasteiger partial charge in [0, 0.05) is 24.7 Å². The molecule has 2 aromatic carbocycles. The van der Waals surface area contributed by atoms with E-state index < -0.39 is 11.7 Å². The van der Waals surface area contributed by atoms with Crippen molar-refractivity contribution < 1.29 is 23.4 Å². The molecule has 0 bridgehead atoms. The Kier molecular flexibility index (Phi) is 7.54. The number of aromatic amines is 1. The number of nitrogens with zero attached hydrogens (tertiary/aromatic N) is 1. The van der Waals surface area contributed by atoms with Gasteiger partial charge in [-0.1, -0.05) is 6.07 Å². The van der Waals surface area contributed by atoms with Crippen molar-refractivity contribution in [2.24, 2.45) is 5.92 Å². The third kappa shape index (κ3) is 5.26. The average Bonchev–Trinajstić information content (AvgIpc) is 3.53.